The number of hydrogen-bond donors (Lipinski definition) is 0. The summed E-state index contributed by atoms with van der Waals surface area (Å²) in [5.74, 6) is 0. The predicted molar refractivity (Wildman–Crippen MR) is 283 cm³/mol. The Morgan fingerprint density at radius 2 is 0.646 bits per heavy atom. The lowest BCUT2D eigenvalue weighted by Crippen LogP contribution is -2.61. The van der Waals surface area contributed by atoms with Crippen molar-refractivity contribution < 1.29 is 42.5 Å². The van der Waals surface area contributed by atoms with Gasteiger partial charge in [0.05, 0.1) is 53.9 Å². The van der Waals surface area contributed by atoms with Gasteiger partial charge in [0, 0.05) is 53.9 Å². The van der Waals surface area contributed by atoms with Crippen LogP contribution in [0, 0.1) is 0 Å². The van der Waals surface area contributed by atoms with Gasteiger partial charge < -0.3 is 9.80 Å². The number of rotatable bonds is 7. The number of benzene rings is 10. The number of para-hydroxylation sites is 2. The molecule has 65 heavy (non-hydrogen) atoms. The maximum atomic E-state index is 9.94. The Kier molecular flexibility index (Phi) is 4.74. The van der Waals surface area contributed by atoms with Crippen molar-refractivity contribution in [1.29, 1.82) is 0 Å². The predicted octanol–water partition coefficient (Wildman–Crippen LogP) is 15.6. The number of halogens is 2. The van der Waals surface area contributed by atoms with E-state index in [2.05, 4.69) is 31.9 Å². The summed E-state index contributed by atoms with van der Waals surface area (Å²) >= 11 is 7.14. The monoisotopic (exact) mass is 987 g/mol. The van der Waals surface area contributed by atoms with Crippen molar-refractivity contribution in [1.82, 2.24) is 0 Å². The molecule has 0 saturated heterocycles. The smallest absolute Gasteiger partial charge is 0.252 e. The molecule has 0 bridgehead atoms. The minimum absolute atomic E-state index is 0.0489. The summed E-state index contributed by atoms with van der Waals surface area (Å²) in [6.07, 6.45) is 0. The zero-order chi connectivity index (χ0) is 70.4. The number of nitrogens with zero attached hydrogens (tertiary/aromatic N) is 2. The number of anilines is 6. The summed E-state index contributed by atoms with van der Waals surface area (Å²) < 4.78 is 288. The molecule has 0 radical (unpaired) electrons. The summed E-state index contributed by atoms with van der Waals surface area (Å²) in [6.45, 7) is -1.26. The summed E-state index contributed by atoms with van der Waals surface area (Å²) in [5, 5.41) is 0. The Morgan fingerprint density at radius 1 is 0.323 bits per heavy atom. The standard InChI is InChI=1S/C60H39BBr2N2/c62-46-32-34-52-54(38-46)64(59-48(41-20-8-2-9-21-41)28-16-29-49(59)42-22-10-3-11-23-42)56-36-45(40-18-6-1-7-19-40)37-57-58(56)61(52)53-35-33-47(63)39-55(53)65(57)60-50(43-24-12-4-13-25-43)30-17-31-51(60)44-26-14-5-15-27-44/h1-39H/i1D,2D,3D,4D,5D,6D,7D,8D,9D,10D,11D,12D,13D,14D,15D,16D,17D,18D,19D,20D,21D,22D,23D,24D,25D,26D,27D,28D,29D,30D,31D. The van der Waals surface area contributed by atoms with Crippen molar-refractivity contribution >= 4 is 89.1 Å². The molecular formula is C60H39BBr2N2. The van der Waals surface area contributed by atoms with Crippen LogP contribution in [0.1, 0.15) is 42.5 Å². The second-order valence-electron chi connectivity index (χ2n) is 14.4. The Morgan fingerprint density at radius 3 is 0.985 bits per heavy atom. The van der Waals surface area contributed by atoms with Gasteiger partial charge in [-0.2, -0.15) is 0 Å². The molecule has 2 aliphatic heterocycles. The van der Waals surface area contributed by atoms with Crippen LogP contribution in [0.2, 0.25) is 0 Å². The van der Waals surface area contributed by atoms with Gasteiger partial charge in [-0.3, -0.25) is 0 Å². The molecule has 0 amide bonds. The van der Waals surface area contributed by atoms with E-state index in [0.29, 0.717) is 0 Å². The average Bonchev–Trinajstić information content (AvgIpc) is 0.683. The normalized spacial score (nSPS) is 19.0. The van der Waals surface area contributed by atoms with Gasteiger partial charge in [-0.15, -0.1) is 0 Å². The lowest BCUT2D eigenvalue weighted by Gasteiger charge is -2.46. The van der Waals surface area contributed by atoms with Crippen LogP contribution < -0.4 is 26.2 Å². The highest BCUT2D eigenvalue weighted by molar-refractivity contribution is 9.10. The molecule has 12 rings (SSSR count). The molecule has 0 atom stereocenters. The molecule has 0 saturated carbocycles. The summed E-state index contributed by atoms with van der Waals surface area (Å²) in [5.41, 5.74) is -9.16. The highest BCUT2D eigenvalue weighted by Crippen LogP contribution is 2.53. The third-order valence-corrected chi connectivity index (χ3v) is 11.9. The Balaban J connectivity index is 1.43. The third kappa shape index (κ3) is 6.77. The van der Waals surface area contributed by atoms with Gasteiger partial charge in [0.15, 0.2) is 0 Å². The van der Waals surface area contributed by atoms with Crippen LogP contribution in [0.4, 0.5) is 34.1 Å². The fourth-order valence-corrected chi connectivity index (χ4v) is 9.12. The molecule has 2 heterocycles. The first kappa shape index (κ1) is 18.7. The van der Waals surface area contributed by atoms with Crippen LogP contribution in [0.25, 0.3) is 55.6 Å². The number of fused-ring (bicyclic) bond motifs is 4. The van der Waals surface area contributed by atoms with Crippen molar-refractivity contribution in [2.24, 2.45) is 0 Å². The van der Waals surface area contributed by atoms with E-state index in [0.717, 1.165) is 0 Å². The average molecular weight is 990 g/mol. The van der Waals surface area contributed by atoms with Gasteiger partial charge >= 0.3 is 0 Å². The Labute approximate surface area is 441 Å². The van der Waals surface area contributed by atoms with Crippen molar-refractivity contribution in [3.05, 3.63) is 245 Å². The first-order chi connectivity index (χ1) is 45.0. The SMILES string of the molecule is [2H]c1c([2H])c([2H])c(-c2cc3c4c(c2)N(c2c(-c5c([2H])c([2H])c([2H])c([2H])c5[2H])c([2H])c([2H])c([2H])c2-c2c([2H])c([2H])c([2H])c([2H])c2[2H])c2cc(Br)ccc2B4c2ccc(Br)cc2N3c2c(-c3c([2H])c([2H])c([2H])c([2H])c3[2H])c([2H])c([2H])c([2H])c2-c2c([2H])c([2H])c([2H])c([2H])c2[2H])c([2H])c1[2H]. The lowest BCUT2D eigenvalue weighted by atomic mass is 9.33. The molecule has 5 heteroatoms. The second-order valence-corrected chi connectivity index (χ2v) is 16.2. The van der Waals surface area contributed by atoms with Crippen LogP contribution in [0.15, 0.2) is 245 Å². The molecule has 0 aromatic heterocycles. The minimum atomic E-state index is -1.26. The molecule has 0 aliphatic carbocycles. The van der Waals surface area contributed by atoms with E-state index in [1.165, 1.54) is 34.1 Å². The largest absolute Gasteiger partial charge is 0.310 e. The van der Waals surface area contributed by atoms with E-state index in [9.17, 15) is 21.9 Å². The fourth-order valence-electron chi connectivity index (χ4n) is 8.43. The molecule has 0 unspecified atom stereocenters. The molecule has 0 fully saturated rings. The maximum Gasteiger partial charge on any atom is 0.252 e. The molecule has 306 valence electrons. The van der Waals surface area contributed by atoms with Gasteiger partial charge in [-0.25, -0.2) is 0 Å². The zero-order valence-electron chi connectivity index (χ0n) is 63.8. The Bertz CT molecular complexity index is 4650. The molecule has 10 aromatic carbocycles. The summed E-state index contributed by atoms with van der Waals surface area (Å²) in [4.78, 5) is 2.42. The van der Waals surface area contributed by atoms with Crippen LogP contribution in [-0.2, 0) is 0 Å². The lowest BCUT2D eigenvalue weighted by molar-refractivity contribution is 1.25. The van der Waals surface area contributed by atoms with Crippen molar-refractivity contribution in [2.45, 2.75) is 0 Å². The van der Waals surface area contributed by atoms with E-state index in [1.54, 1.807) is 24.3 Å². The zero-order valence-corrected chi connectivity index (χ0v) is 36.0. The molecule has 0 N–H and O–H groups in total. The molecule has 2 aliphatic rings. The van der Waals surface area contributed by atoms with Crippen molar-refractivity contribution in [2.75, 3.05) is 9.80 Å². The highest BCUT2D eigenvalue weighted by atomic mass is 79.9. The summed E-state index contributed by atoms with van der Waals surface area (Å²) in [7, 11) is 0. The topological polar surface area (TPSA) is 6.48 Å². The van der Waals surface area contributed by atoms with Gasteiger partial charge in [-0.1, -0.05) is 231 Å². The summed E-state index contributed by atoms with van der Waals surface area (Å²) in [6, 6.07) is -18.3. The number of hydrogen-bond acceptors (Lipinski definition) is 2. The van der Waals surface area contributed by atoms with E-state index in [-0.39, 0.29) is 53.6 Å². The highest BCUT2D eigenvalue weighted by Gasteiger charge is 2.45. The van der Waals surface area contributed by atoms with Gasteiger partial charge in [0.1, 0.15) is 0 Å². The van der Waals surface area contributed by atoms with Crippen LogP contribution >= 0.6 is 31.9 Å². The van der Waals surface area contributed by atoms with Gasteiger partial charge in [0.25, 0.3) is 6.71 Å². The van der Waals surface area contributed by atoms with E-state index in [4.69, 9.17) is 20.6 Å². The van der Waals surface area contributed by atoms with Crippen LogP contribution in [0.5, 0.6) is 0 Å². The molecule has 2 nitrogen and oxygen atoms in total. The van der Waals surface area contributed by atoms with Crippen molar-refractivity contribution in [3.63, 3.8) is 0 Å². The molecule has 10 aromatic rings. The molecule has 0 spiro atoms. The van der Waals surface area contributed by atoms with Crippen LogP contribution in [-0.4, -0.2) is 6.71 Å². The van der Waals surface area contributed by atoms with Gasteiger partial charge in [-0.05, 0) is 86.2 Å². The first-order valence-corrected chi connectivity index (χ1v) is 21.1. The molecular weight excluding hydrogens is 919 g/mol. The van der Waals surface area contributed by atoms with E-state index >= 15 is 0 Å². The van der Waals surface area contributed by atoms with E-state index in [1.807, 2.05) is 0 Å². The van der Waals surface area contributed by atoms with Crippen LogP contribution in [0.3, 0.4) is 0 Å². The Hall–Kier alpha value is -7.18. The minimum Gasteiger partial charge on any atom is -0.310 e. The van der Waals surface area contributed by atoms with Gasteiger partial charge in [0.2, 0.25) is 0 Å². The quantitative estimate of drug-likeness (QED) is 0.147. The maximum absolute atomic E-state index is 9.94. The third-order valence-electron chi connectivity index (χ3n) is 10.9. The van der Waals surface area contributed by atoms with Crippen molar-refractivity contribution in [3.8, 4) is 55.6 Å². The first-order valence-electron chi connectivity index (χ1n) is 35.0. The fraction of sp³-hybridized carbons (Fsp3) is 0. The second kappa shape index (κ2) is 16.4. The van der Waals surface area contributed by atoms with E-state index < -0.39 is 255 Å².